The molecule has 2 aliphatic heterocycles. The SMILES string of the molecule is Cc1nc(NC(C)c2ccccc2-n2cccn2)c2cc(N3CC[C@@H](NC(=O)CCC(=O)N[C@@H]4CCN(c5cc6c(N[C@@H](C)c7cccc8c(F)coc78)nc(C)nc6cn5)C4)C3)ncc2n1. The Morgan fingerprint density at radius 1 is 0.731 bits per heavy atom. The number of anilines is 4. The van der Waals surface area contributed by atoms with Crippen molar-refractivity contribution in [3.63, 3.8) is 0 Å². The zero-order valence-electron chi connectivity index (χ0n) is 37.7. The van der Waals surface area contributed by atoms with Crippen molar-refractivity contribution in [1.29, 1.82) is 0 Å². The number of carbonyl (C=O) groups excluding carboxylic acids is 2. The second kappa shape index (κ2) is 18.3. The highest BCUT2D eigenvalue weighted by atomic mass is 19.1. The number of nitrogens with zero attached hydrogens (tertiary/aromatic N) is 10. The molecule has 8 heterocycles. The molecular weight excluding hydrogens is 852 g/mol. The summed E-state index contributed by atoms with van der Waals surface area (Å²) in [6, 6.07) is 18.9. The van der Waals surface area contributed by atoms with Crippen LogP contribution in [-0.2, 0) is 9.59 Å². The van der Waals surface area contributed by atoms with Crippen molar-refractivity contribution in [2.45, 2.75) is 77.5 Å². The average molecular weight is 903 g/mol. The van der Waals surface area contributed by atoms with Crippen LogP contribution >= 0.6 is 0 Å². The second-order valence-electron chi connectivity index (χ2n) is 17.4. The fraction of sp³-hybridized carbons (Fsp3) is 0.327. The number of fused-ring (bicyclic) bond motifs is 3. The van der Waals surface area contributed by atoms with Crippen molar-refractivity contribution in [2.24, 2.45) is 0 Å². The predicted molar refractivity (Wildman–Crippen MR) is 255 cm³/mol. The van der Waals surface area contributed by atoms with Gasteiger partial charge >= 0.3 is 0 Å². The van der Waals surface area contributed by atoms with E-state index in [4.69, 9.17) is 24.4 Å². The van der Waals surface area contributed by atoms with Crippen LogP contribution in [0.15, 0.2) is 96.1 Å². The van der Waals surface area contributed by atoms with E-state index >= 15 is 0 Å². The fourth-order valence-electron chi connectivity index (χ4n) is 9.27. The monoisotopic (exact) mass is 902 g/mol. The quantitative estimate of drug-likeness (QED) is 0.0850. The minimum Gasteiger partial charge on any atom is -0.461 e. The van der Waals surface area contributed by atoms with Crippen LogP contribution in [0.5, 0.6) is 0 Å². The summed E-state index contributed by atoms with van der Waals surface area (Å²) >= 11 is 0. The van der Waals surface area contributed by atoms with Crippen LogP contribution in [0.2, 0.25) is 0 Å². The van der Waals surface area contributed by atoms with E-state index in [1.165, 1.54) is 0 Å². The molecule has 0 spiro atoms. The lowest BCUT2D eigenvalue weighted by atomic mass is 10.1. The molecule has 1 unspecified atom stereocenters. The topological polar surface area (TPSA) is 197 Å². The molecule has 342 valence electrons. The van der Waals surface area contributed by atoms with E-state index in [-0.39, 0.29) is 48.8 Å². The number of amides is 2. The molecule has 0 aliphatic carbocycles. The molecule has 10 rings (SSSR count). The Morgan fingerprint density at radius 2 is 1.30 bits per heavy atom. The lowest BCUT2D eigenvalue weighted by molar-refractivity contribution is -0.127. The number of halogens is 1. The highest BCUT2D eigenvalue weighted by molar-refractivity contribution is 5.92. The molecule has 8 aromatic rings. The molecule has 67 heavy (non-hydrogen) atoms. The number of benzene rings is 2. The zero-order chi connectivity index (χ0) is 46.2. The normalized spacial score (nSPS) is 17.0. The molecule has 4 atom stereocenters. The first-order valence-corrected chi connectivity index (χ1v) is 22.7. The zero-order valence-corrected chi connectivity index (χ0v) is 37.7. The summed E-state index contributed by atoms with van der Waals surface area (Å²) < 4.78 is 21.7. The minimum atomic E-state index is -0.400. The highest BCUT2D eigenvalue weighted by Crippen LogP contribution is 2.34. The Hall–Kier alpha value is -7.76. The average Bonchev–Trinajstić information content (AvgIpc) is 4.18. The van der Waals surface area contributed by atoms with Crippen molar-refractivity contribution in [3.8, 4) is 5.69 Å². The van der Waals surface area contributed by atoms with E-state index < -0.39 is 5.82 Å². The number of carbonyl (C=O) groups is 2. The number of aryl methyl sites for hydroxylation is 2. The van der Waals surface area contributed by atoms with E-state index in [9.17, 15) is 14.0 Å². The maximum atomic E-state index is 14.3. The molecule has 2 fully saturated rings. The predicted octanol–water partition coefficient (Wildman–Crippen LogP) is 7.27. The number of hydrogen-bond donors (Lipinski definition) is 4. The second-order valence-corrected chi connectivity index (χ2v) is 17.4. The third-order valence-electron chi connectivity index (χ3n) is 12.6. The molecule has 0 bridgehead atoms. The molecule has 2 aromatic carbocycles. The van der Waals surface area contributed by atoms with Gasteiger partial charge in [-0.05, 0) is 76.4 Å². The van der Waals surface area contributed by atoms with Crippen LogP contribution in [-0.4, -0.2) is 89.8 Å². The first-order valence-electron chi connectivity index (χ1n) is 22.7. The molecule has 0 radical (unpaired) electrons. The van der Waals surface area contributed by atoms with Gasteiger partial charge < -0.3 is 35.5 Å². The van der Waals surface area contributed by atoms with Gasteiger partial charge in [0.25, 0.3) is 0 Å². The third kappa shape index (κ3) is 9.10. The number of nitrogens with one attached hydrogen (secondary N) is 4. The van der Waals surface area contributed by atoms with Gasteiger partial charge in [-0.3, -0.25) is 9.59 Å². The Balaban J connectivity index is 0.720. The molecular formula is C49H51FN14O3. The number of aromatic nitrogens is 8. The van der Waals surface area contributed by atoms with Crippen LogP contribution < -0.4 is 31.1 Å². The largest absolute Gasteiger partial charge is 0.461 e. The van der Waals surface area contributed by atoms with Gasteiger partial charge in [0.15, 0.2) is 5.82 Å². The van der Waals surface area contributed by atoms with Gasteiger partial charge in [0, 0.05) is 79.8 Å². The van der Waals surface area contributed by atoms with Crippen molar-refractivity contribution >= 4 is 67.9 Å². The van der Waals surface area contributed by atoms with Gasteiger partial charge in [0.1, 0.15) is 46.8 Å². The maximum absolute atomic E-state index is 14.3. The summed E-state index contributed by atoms with van der Waals surface area (Å²) in [4.78, 5) is 58.8. The van der Waals surface area contributed by atoms with Crippen LogP contribution in [0.1, 0.15) is 74.4 Å². The Bertz CT molecular complexity index is 3120. The molecule has 2 saturated heterocycles. The van der Waals surface area contributed by atoms with Gasteiger partial charge in [-0.15, -0.1) is 0 Å². The summed E-state index contributed by atoms with van der Waals surface area (Å²) in [6.07, 6.45) is 9.99. The van der Waals surface area contributed by atoms with Gasteiger partial charge in [-0.1, -0.05) is 30.3 Å². The molecule has 18 heteroatoms. The fourth-order valence-corrected chi connectivity index (χ4v) is 9.27. The van der Waals surface area contributed by atoms with E-state index in [1.807, 2.05) is 80.2 Å². The highest BCUT2D eigenvalue weighted by Gasteiger charge is 2.28. The molecule has 6 aromatic heterocycles. The van der Waals surface area contributed by atoms with Gasteiger partial charge in [0.2, 0.25) is 11.8 Å². The summed E-state index contributed by atoms with van der Waals surface area (Å²) in [5.41, 5.74) is 4.78. The smallest absolute Gasteiger partial charge is 0.220 e. The molecule has 0 saturated carbocycles. The third-order valence-corrected chi connectivity index (χ3v) is 12.6. The summed E-state index contributed by atoms with van der Waals surface area (Å²) in [5, 5.41) is 19.9. The Kier molecular flexibility index (Phi) is 11.8. The number of furan rings is 1. The van der Waals surface area contributed by atoms with Crippen LogP contribution in [0.25, 0.3) is 38.5 Å². The van der Waals surface area contributed by atoms with E-state index in [0.29, 0.717) is 65.9 Å². The van der Waals surface area contributed by atoms with Crippen molar-refractivity contribution in [2.75, 3.05) is 46.6 Å². The lowest BCUT2D eigenvalue weighted by Gasteiger charge is -2.21. The standard InChI is InChI=1S/C49H51FN14O3/c1-28(34-9-5-6-12-42(34)64-18-8-17-53-64)54-48-37-21-43(51-23-40(37)56-30(3)58-48)62-19-15-32(25-62)60-45(65)13-14-46(66)61-33-16-20-63(26-33)44-22-38-41(24-52-44)57-31(4)59-49(38)55-29(2)35-10-7-11-36-39(50)27-67-47(35)36/h5-12,17-18,21-24,27-29,32-33H,13-16,19-20,25-26H2,1-4H3,(H,60,65)(H,61,66)(H,54,56,58)(H,55,57,59)/t28?,29-,32+,33+/m0/s1. The first-order chi connectivity index (χ1) is 32.5. The van der Waals surface area contributed by atoms with Crippen molar-refractivity contribution in [1.82, 2.24) is 50.3 Å². The van der Waals surface area contributed by atoms with Gasteiger partial charge in [-0.25, -0.2) is 39.0 Å². The Labute approximate surface area is 385 Å². The number of rotatable bonds is 14. The summed E-state index contributed by atoms with van der Waals surface area (Å²) in [7, 11) is 0. The number of para-hydroxylation sites is 2. The van der Waals surface area contributed by atoms with Crippen LogP contribution in [0, 0.1) is 19.7 Å². The van der Waals surface area contributed by atoms with Crippen molar-refractivity contribution < 1.29 is 18.4 Å². The van der Waals surface area contributed by atoms with Crippen LogP contribution in [0.4, 0.5) is 27.7 Å². The van der Waals surface area contributed by atoms with E-state index in [0.717, 1.165) is 63.8 Å². The van der Waals surface area contributed by atoms with Crippen molar-refractivity contribution in [3.05, 3.63) is 120 Å². The lowest BCUT2D eigenvalue weighted by Crippen LogP contribution is -2.39. The molecule has 17 nitrogen and oxygen atoms in total. The number of pyridine rings is 2. The first kappa shape index (κ1) is 43.1. The summed E-state index contributed by atoms with van der Waals surface area (Å²) in [6.45, 7) is 10.3. The Morgan fingerprint density at radius 3 is 1.88 bits per heavy atom. The molecule has 4 N–H and O–H groups in total. The van der Waals surface area contributed by atoms with Gasteiger partial charge in [-0.2, -0.15) is 5.10 Å². The molecule has 2 amide bonds. The maximum Gasteiger partial charge on any atom is 0.220 e. The molecule has 2 aliphatic rings. The minimum absolute atomic E-state index is 0.0836. The van der Waals surface area contributed by atoms with Crippen LogP contribution in [0.3, 0.4) is 0 Å². The van der Waals surface area contributed by atoms with Gasteiger partial charge in [0.05, 0.1) is 46.6 Å². The van der Waals surface area contributed by atoms with E-state index in [2.05, 4.69) is 59.1 Å². The summed E-state index contributed by atoms with van der Waals surface area (Å²) in [5.74, 6) is 3.36. The van der Waals surface area contributed by atoms with E-state index in [1.54, 1.807) is 24.7 Å². The number of hydrogen-bond acceptors (Lipinski definition) is 14.